The summed E-state index contributed by atoms with van der Waals surface area (Å²) in [4.78, 5) is 0. The maximum atomic E-state index is 5.92. The number of ether oxygens (including phenoxy) is 1. The van der Waals surface area contributed by atoms with Crippen molar-refractivity contribution in [3.05, 3.63) is 0 Å². The van der Waals surface area contributed by atoms with Gasteiger partial charge in [0.2, 0.25) is 0 Å². The van der Waals surface area contributed by atoms with Crippen LogP contribution in [0.4, 0.5) is 0 Å². The third-order valence-corrected chi connectivity index (χ3v) is 4.24. The molecule has 2 rings (SSSR count). The average Bonchev–Trinajstić information content (AvgIpc) is 2.19. The van der Waals surface area contributed by atoms with Gasteiger partial charge < -0.3 is 10.1 Å². The summed E-state index contributed by atoms with van der Waals surface area (Å²) in [6.07, 6.45) is 6.42. The minimum atomic E-state index is 0.162. The Morgan fingerprint density at radius 3 is 2.57 bits per heavy atom. The lowest BCUT2D eigenvalue weighted by molar-refractivity contribution is -0.124. The molecule has 2 heteroatoms. The van der Waals surface area contributed by atoms with E-state index in [-0.39, 0.29) is 5.60 Å². The third kappa shape index (κ3) is 1.96. The van der Waals surface area contributed by atoms with Gasteiger partial charge >= 0.3 is 0 Å². The summed E-state index contributed by atoms with van der Waals surface area (Å²) in [5, 5.41) is 3.46. The largest absolute Gasteiger partial charge is 0.375 e. The summed E-state index contributed by atoms with van der Waals surface area (Å²) in [5.41, 5.74) is 0.768. The minimum Gasteiger partial charge on any atom is -0.375 e. The number of hydrogen-bond acceptors (Lipinski definition) is 2. The van der Waals surface area contributed by atoms with Gasteiger partial charge in [0, 0.05) is 6.61 Å². The maximum Gasteiger partial charge on any atom is 0.0657 e. The first-order chi connectivity index (χ1) is 6.68. The molecule has 2 aliphatic rings. The summed E-state index contributed by atoms with van der Waals surface area (Å²) in [6.45, 7) is 7.93. The first-order valence-corrected chi connectivity index (χ1v) is 6.03. The van der Waals surface area contributed by atoms with Crippen LogP contribution in [0.25, 0.3) is 0 Å². The molecule has 0 aromatic heterocycles. The standard InChI is InChI=1S/C12H23NO/c1-3-11(2)10-12(6-9-14-11)4-7-13-8-5-12/h13H,3-10H2,1-2H3. The smallest absolute Gasteiger partial charge is 0.0657 e. The first kappa shape index (κ1) is 10.4. The Morgan fingerprint density at radius 2 is 1.93 bits per heavy atom. The van der Waals surface area contributed by atoms with Crippen molar-refractivity contribution in [2.45, 2.75) is 51.6 Å². The van der Waals surface area contributed by atoms with Crippen LogP contribution in [0.1, 0.15) is 46.0 Å². The summed E-state index contributed by atoms with van der Waals surface area (Å²) in [7, 11) is 0. The molecule has 0 saturated carbocycles. The Bertz CT molecular complexity index is 193. The summed E-state index contributed by atoms with van der Waals surface area (Å²) >= 11 is 0. The van der Waals surface area contributed by atoms with Crippen molar-refractivity contribution in [3.63, 3.8) is 0 Å². The molecule has 2 nitrogen and oxygen atoms in total. The summed E-state index contributed by atoms with van der Waals surface area (Å²) in [6, 6.07) is 0. The van der Waals surface area contributed by atoms with Crippen molar-refractivity contribution in [2.75, 3.05) is 19.7 Å². The molecule has 2 heterocycles. The first-order valence-electron chi connectivity index (χ1n) is 6.03. The van der Waals surface area contributed by atoms with Gasteiger partial charge in [-0.05, 0) is 57.5 Å². The van der Waals surface area contributed by atoms with Crippen LogP contribution in [-0.4, -0.2) is 25.3 Å². The van der Waals surface area contributed by atoms with Crippen molar-refractivity contribution < 1.29 is 4.74 Å². The lowest BCUT2D eigenvalue weighted by Gasteiger charge is -2.48. The Hall–Kier alpha value is -0.0800. The molecule has 1 atom stereocenters. The van der Waals surface area contributed by atoms with E-state index in [2.05, 4.69) is 19.2 Å². The van der Waals surface area contributed by atoms with Gasteiger partial charge in [-0.15, -0.1) is 0 Å². The highest BCUT2D eigenvalue weighted by Gasteiger charge is 2.42. The van der Waals surface area contributed by atoms with E-state index in [1.807, 2.05) is 0 Å². The van der Waals surface area contributed by atoms with E-state index in [9.17, 15) is 0 Å². The molecule has 0 aromatic rings. The van der Waals surface area contributed by atoms with E-state index < -0.39 is 0 Å². The van der Waals surface area contributed by atoms with E-state index in [0.717, 1.165) is 13.0 Å². The maximum absolute atomic E-state index is 5.92. The molecule has 2 saturated heterocycles. The van der Waals surface area contributed by atoms with Crippen molar-refractivity contribution in [2.24, 2.45) is 5.41 Å². The van der Waals surface area contributed by atoms with Gasteiger partial charge in [-0.25, -0.2) is 0 Å². The highest BCUT2D eigenvalue weighted by atomic mass is 16.5. The number of hydrogen-bond donors (Lipinski definition) is 1. The Kier molecular flexibility index (Phi) is 2.85. The second-order valence-corrected chi connectivity index (χ2v) is 5.33. The molecule has 2 aliphatic heterocycles. The SMILES string of the molecule is CCC1(C)CC2(CCNCC2)CCO1. The molecule has 0 aromatic carbocycles. The zero-order valence-corrected chi connectivity index (χ0v) is 9.57. The fourth-order valence-electron chi connectivity index (χ4n) is 3.06. The average molecular weight is 197 g/mol. The number of nitrogens with one attached hydrogen (secondary N) is 1. The van der Waals surface area contributed by atoms with Gasteiger partial charge in [-0.2, -0.15) is 0 Å². The predicted octanol–water partition coefficient (Wildman–Crippen LogP) is 2.34. The van der Waals surface area contributed by atoms with Crippen LogP contribution in [0.15, 0.2) is 0 Å². The zero-order chi connectivity index (χ0) is 10.1. The van der Waals surface area contributed by atoms with Crippen LogP contribution < -0.4 is 5.32 Å². The van der Waals surface area contributed by atoms with Gasteiger partial charge in [0.15, 0.2) is 0 Å². The van der Waals surface area contributed by atoms with Crippen LogP contribution >= 0.6 is 0 Å². The molecule has 1 unspecified atom stereocenters. The second-order valence-electron chi connectivity index (χ2n) is 5.33. The van der Waals surface area contributed by atoms with Gasteiger partial charge in [-0.3, -0.25) is 0 Å². The Balaban J connectivity index is 2.04. The highest BCUT2D eigenvalue weighted by Crippen LogP contribution is 2.45. The Labute approximate surface area is 87.4 Å². The topological polar surface area (TPSA) is 21.3 Å². The zero-order valence-electron chi connectivity index (χ0n) is 9.57. The predicted molar refractivity (Wildman–Crippen MR) is 58.4 cm³/mol. The lowest BCUT2D eigenvalue weighted by Crippen LogP contribution is -2.47. The molecule has 0 radical (unpaired) electrons. The van der Waals surface area contributed by atoms with E-state index in [1.165, 1.54) is 38.8 Å². The number of piperidine rings is 1. The molecule has 0 amide bonds. The van der Waals surface area contributed by atoms with Crippen LogP contribution in [0.3, 0.4) is 0 Å². The van der Waals surface area contributed by atoms with Crippen LogP contribution in [0, 0.1) is 5.41 Å². The van der Waals surface area contributed by atoms with Crippen molar-refractivity contribution in [1.29, 1.82) is 0 Å². The van der Waals surface area contributed by atoms with Crippen LogP contribution in [-0.2, 0) is 4.74 Å². The van der Waals surface area contributed by atoms with E-state index in [4.69, 9.17) is 4.74 Å². The van der Waals surface area contributed by atoms with Crippen molar-refractivity contribution in [3.8, 4) is 0 Å². The van der Waals surface area contributed by atoms with Gasteiger partial charge in [0.05, 0.1) is 5.60 Å². The normalized spacial score (nSPS) is 37.3. The van der Waals surface area contributed by atoms with E-state index in [0.29, 0.717) is 5.41 Å². The summed E-state index contributed by atoms with van der Waals surface area (Å²) < 4.78 is 5.92. The van der Waals surface area contributed by atoms with Crippen molar-refractivity contribution >= 4 is 0 Å². The monoisotopic (exact) mass is 197 g/mol. The third-order valence-electron chi connectivity index (χ3n) is 4.24. The van der Waals surface area contributed by atoms with Crippen LogP contribution in [0.2, 0.25) is 0 Å². The molecule has 82 valence electrons. The van der Waals surface area contributed by atoms with Crippen LogP contribution in [0.5, 0.6) is 0 Å². The highest BCUT2D eigenvalue weighted by molar-refractivity contribution is 4.94. The molecule has 1 spiro atoms. The van der Waals surface area contributed by atoms with Crippen molar-refractivity contribution in [1.82, 2.24) is 5.32 Å². The summed E-state index contributed by atoms with van der Waals surface area (Å²) in [5.74, 6) is 0. The fourth-order valence-corrected chi connectivity index (χ4v) is 3.06. The van der Waals surface area contributed by atoms with E-state index in [1.54, 1.807) is 0 Å². The van der Waals surface area contributed by atoms with Gasteiger partial charge in [0.1, 0.15) is 0 Å². The molecular weight excluding hydrogens is 174 g/mol. The van der Waals surface area contributed by atoms with E-state index >= 15 is 0 Å². The quantitative estimate of drug-likeness (QED) is 0.696. The van der Waals surface area contributed by atoms with Gasteiger partial charge in [-0.1, -0.05) is 6.92 Å². The number of rotatable bonds is 1. The second kappa shape index (κ2) is 3.82. The minimum absolute atomic E-state index is 0.162. The molecule has 14 heavy (non-hydrogen) atoms. The molecular formula is C12H23NO. The molecule has 1 N–H and O–H groups in total. The lowest BCUT2D eigenvalue weighted by atomic mass is 9.67. The fraction of sp³-hybridized carbons (Fsp3) is 1.00. The molecule has 0 aliphatic carbocycles. The molecule has 2 fully saturated rings. The molecule has 0 bridgehead atoms. The Morgan fingerprint density at radius 1 is 1.21 bits per heavy atom. The van der Waals surface area contributed by atoms with Gasteiger partial charge in [0.25, 0.3) is 0 Å².